The molecular weight excluding hydrogens is 418 g/mol. The predicted octanol–water partition coefficient (Wildman–Crippen LogP) is 4.04. The van der Waals surface area contributed by atoms with Gasteiger partial charge in [-0.3, -0.25) is 9.69 Å². The zero-order valence-corrected chi connectivity index (χ0v) is 18.4. The third-order valence-electron chi connectivity index (χ3n) is 7.55. The van der Waals surface area contributed by atoms with Crippen molar-refractivity contribution in [2.75, 3.05) is 39.0 Å². The minimum absolute atomic E-state index is 0.0684. The lowest BCUT2D eigenvalue weighted by atomic mass is 10.00. The summed E-state index contributed by atoms with van der Waals surface area (Å²) in [4.78, 5) is 28.9. The average Bonchev–Trinajstić information content (AvgIpc) is 3.16. The number of benzene rings is 1. The normalized spacial score (nSPS) is 26.3. The molecule has 1 saturated carbocycles. The number of Topliss-reactive ketones (excluding diaryl/α,β-unsaturated/α-hetero) is 1. The van der Waals surface area contributed by atoms with Gasteiger partial charge in [0.05, 0.1) is 29.6 Å². The second-order valence-corrected chi connectivity index (χ2v) is 9.49. The van der Waals surface area contributed by atoms with E-state index in [4.69, 9.17) is 26.5 Å². The number of furan rings is 1. The van der Waals surface area contributed by atoms with Gasteiger partial charge in [0.1, 0.15) is 5.58 Å². The number of carbonyl (C=O) groups excluding carboxylic acids is 2. The molecular formula is C23H28ClN3O4. The largest absolute Gasteiger partial charge is 0.463 e. The van der Waals surface area contributed by atoms with Gasteiger partial charge >= 0.3 is 6.09 Å². The number of nitrogens with two attached hydrogens (primary N) is 1. The van der Waals surface area contributed by atoms with Crippen molar-refractivity contribution < 1.29 is 18.7 Å². The lowest BCUT2D eigenvalue weighted by molar-refractivity contribution is 0.0856. The summed E-state index contributed by atoms with van der Waals surface area (Å²) in [5.41, 5.74) is 7.52. The van der Waals surface area contributed by atoms with E-state index in [0.29, 0.717) is 57.5 Å². The van der Waals surface area contributed by atoms with E-state index in [1.54, 1.807) is 23.3 Å². The lowest BCUT2D eigenvalue weighted by Gasteiger charge is -2.37. The first-order valence-electron chi connectivity index (χ1n) is 11.0. The number of ether oxygens (including phenoxy) is 1. The predicted molar refractivity (Wildman–Crippen MR) is 118 cm³/mol. The van der Waals surface area contributed by atoms with Crippen molar-refractivity contribution in [3.63, 3.8) is 0 Å². The van der Waals surface area contributed by atoms with E-state index in [2.05, 4.69) is 4.90 Å². The molecule has 31 heavy (non-hydrogen) atoms. The van der Waals surface area contributed by atoms with Gasteiger partial charge in [-0.05, 0) is 49.1 Å². The van der Waals surface area contributed by atoms with Gasteiger partial charge in [-0.15, -0.1) is 0 Å². The van der Waals surface area contributed by atoms with E-state index in [-0.39, 0.29) is 11.9 Å². The number of halogens is 1. The van der Waals surface area contributed by atoms with Crippen LogP contribution in [0.25, 0.3) is 11.0 Å². The molecule has 1 aromatic carbocycles. The Morgan fingerprint density at radius 2 is 1.97 bits per heavy atom. The molecule has 3 heterocycles. The van der Waals surface area contributed by atoms with Gasteiger partial charge in [0.25, 0.3) is 0 Å². The number of nitrogens with zero attached hydrogens (tertiary/aromatic N) is 2. The van der Waals surface area contributed by atoms with Crippen LogP contribution in [0.15, 0.2) is 22.8 Å². The highest BCUT2D eigenvalue weighted by Crippen LogP contribution is 2.55. The topological polar surface area (TPSA) is 89.0 Å². The Bertz CT molecular complexity index is 1000. The molecule has 7 nitrogen and oxygen atoms in total. The molecule has 1 amide bonds. The summed E-state index contributed by atoms with van der Waals surface area (Å²) in [5.74, 6) is 2.10. The van der Waals surface area contributed by atoms with Crippen molar-refractivity contribution in [3.8, 4) is 0 Å². The first kappa shape index (κ1) is 20.6. The summed E-state index contributed by atoms with van der Waals surface area (Å²) in [6, 6.07) is 3.95. The number of hydrogen-bond donors (Lipinski definition) is 1. The highest BCUT2D eigenvalue weighted by Gasteiger charge is 2.55. The minimum atomic E-state index is -0.221. The van der Waals surface area contributed by atoms with Crippen LogP contribution in [0.1, 0.15) is 36.0 Å². The molecule has 0 spiro atoms. The molecule has 0 radical (unpaired) electrons. The van der Waals surface area contributed by atoms with Crippen LogP contribution >= 0.6 is 11.6 Å². The summed E-state index contributed by atoms with van der Waals surface area (Å²) < 4.78 is 10.3. The van der Waals surface area contributed by atoms with Gasteiger partial charge < -0.3 is 19.8 Å². The van der Waals surface area contributed by atoms with Gasteiger partial charge in [0, 0.05) is 44.0 Å². The number of carbonyl (C=O) groups is 2. The van der Waals surface area contributed by atoms with Gasteiger partial charge in [0.2, 0.25) is 0 Å². The maximum Gasteiger partial charge on any atom is 0.409 e. The van der Waals surface area contributed by atoms with Crippen LogP contribution in [0.4, 0.5) is 10.5 Å². The molecule has 8 heteroatoms. The summed E-state index contributed by atoms with van der Waals surface area (Å²) in [7, 11) is 1.44. The Hall–Kier alpha value is -2.25. The molecule has 166 valence electrons. The number of rotatable bonds is 5. The Kier molecular flexibility index (Phi) is 5.34. The minimum Gasteiger partial charge on any atom is -0.463 e. The summed E-state index contributed by atoms with van der Waals surface area (Å²) in [5, 5.41) is 1.10. The fraction of sp³-hybridized carbons (Fsp3) is 0.565. The van der Waals surface area contributed by atoms with Crippen LogP contribution in [0.2, 0.25) is 5.02 Å². The second-order valence-electron chi connectivity index (χ2n) is 9.08. The lowest BCUT2D eigenvalue weighted by Crippen LogP contribution is -2.46. The Balaban J connectivity index is 1.12. The maximum atomic E-state index is 12.9. The van der Waals surface area contributed by atoms with Crippen molar-refractivity contribution >= 4 is 40.1 Å². The van der Waals surface area contributed by atoms with E-state index >= 15 is 0 Å². The van der Waals surface area contributed by atoms with E-state index in [9.17, 15) is 9.59 Å². The van der Waals surface area contributed by atoms with Crippen molar-refractivity contribution in [2.24, 2.45) is 17.8 Å². The van der Waals surface area contributed by atoms with Crippen LogP contribution in [0.3, 0.4) is 0 Å². The number of piperidine rings is 2. The van der Waals surface area contributed by atoms with E-state index in [1.807, 2.05) is 0 Å². The molecule has 2 atom stereocenters. The molecule has 1 aromatic heterocycles. The van der Waals surface area contributed by atoms with Crippen molar-refractivity contribution in [1.82, 2.24) is 9.80 Å². The number of nitrogen functional groups attached to an aromatic ring is 1. The van der Waals surface area contributed by atoms with E-state index < -0.39 is 0 Å². The molecule has 2 saturated heterocycles. The molecule has 5 rings (SSSR count). The van der Waals surface area contributed by atoms with Gasteiger partial charge in [0.15, 0.2) is 5.78 Å². The zero-order valence-electron chi connectivity index (χ0n) is 17.7. The first-order valence-corrected chi connectivity index (χ1v) is 11.4. The van der Waals surface area contributed by atoms with Gasteiger partial charge in [-0.25, -0.2) is 4.79 Å². The monoisotopic (exact) mass is 445 g/mol. The quantitative estimate of drug-likeness (QED) is 0.551. The zero-order chi connectivity index (χ0) is 21.7. The first-order chi connectivity index (χ1) is 15.0. The average molecular weight is 446 g/mol. The molecule has 1 aliphatic carbocycles. The number of ketones is 1. The summed E-state index contributed by atoms with van der Waals surface area (Å²) >= 11 is 6.22. The van der Waals surface area contributed by atoms with Crippen molar-refractivity contribution in [1.29, 1.82) is 0 Å². The van der Waals surface area contributed by atoms with Crippen LogP contribution < -0.4 is 5.73 Å². The van der Waals surface area contributed by atoms with Gasteiger partial charge in [-0.1, -0.05) is 11.6 Å². The summed E-state index contributed by atoms with van der Waals surface area (Å²) in [6.07, 6.45) is 4.76. The molecule has 2 aliphatic heterocycles. The molecule has 0 bridgehead atoms. The molecule has 2 N–H and O–H groups in total. The number of hydrogen-bond acceptors (Lipinski definition) is 6. The summed E-state index contributed by atoms with van der Waals surface area (Å²) in [6.45, 7) is 3.77. The highest BCUT2D eigenvalue weighted by molar-refractivity contribution is 6.35. The number of likely N-dealkylation sites (tertiary alicyclic amines) is 2. The standard InChI is InChI=1S/C23H28ClN3O4/c1-30-23(29)26-7-4-13(5-8-26)27-11-17-14(18(17)12-27)2-3-20(28)16-10-19(24)21(25)15-6-9-31-22(15)16/h6,9-10,13-14,17-18H,2-5,7-8,11-12,25H2,1H3. The van der Waals surface area contributed by atoms with Crippen LogP contribution in [-0.2, 0) is 4.74 Å². The fourth-order valence-electron chi connectivity index (χ4n) is 5.72. The Morgan fingerprint density at radius 1 is 1.26 bits per heavy atom. The highest BCUT2D eigenvalue weighted by atomic mass is 35.5. The SMILES string of the molecule is COC(=O)N1CCC(N2CC3C(CCC(=O)c4cc(Cl)c(N)c5ccoc45)C3C2)CC1. The second kappa shape index (κ2) is 8.02. The molecule has 2 aromatic rings. The maximum absolute atomic E-state index is 12.9. The van der Waals surface area contributed by atoms with Crippen molar-refractivity contribution in [3.05, 3.63) is 29.0 Å². The van der Waals surface area contributed by atoms with Crippen LogP contribution in [0.5, 0.6) is 0 Å². The Morgan fingerprint density at radius 3 is 2.65 bits per heavy atom. The molecule has 2 unspecified atom stereocenters. The molecule has 3 aliphatic rings. The Labute approximate surface area is 186 Å². The number of methoxy groups -OCH3 is 1. The van der Waals surface area contributed by atoms with Crippen LogP contribution in [0, 0.1) is 17.8 Å². The number of anilines is 1. The smallest absolute Gasteiger partial charge is 0.409 e. The third kappa shape index (κ3) is 3.68. The van der Waals surface area contributed by atoms with E-state index in [1.165, 1.54) is 7.11 Å². The van der Waals surface area contributed by atoms with Crippen molar-refractivity contribution in [2.45, 2.75) is 31.7 Å². The van der Waals surface area contributed by atoms with Gasteiger partial charge in [-0.2, -0.15) is 0 Å². The number of fused-ring (bicyclic) bond motifs is 2. The van der Waals surface area contributed by atoms with E-state index in [0.717, 1.165) is 45.4 Å². The molecule has 3 fully saturated rings. The third-order valence-corrected chi connectivity index (χ3v) is 7.86. The fourth-order valence-corrected chi connectivity index (χ4v) is 5.93. The van der Waals surface area contributed by atoms with Crippen LogP contribution in [-0.4, -0.2) is 61.0 Å². The number of amides is 1.